The number of halogens is 2. The Bertz CT molecular complexity index is 163. The van der Waals surface area contributed by atoms with E-state index in [-0.39, 0.29) is 24.8 Å². The Morgan fingerprint density at radius 1 is 0.786 bits per heavy atom. The molecule has 2 aliphatic carbocycles. The lowest BCUT2D eigenvalue weighted by atomic mass is 10.2. The summed E-state index contributed by atoms with van der Waals surface area (Å²) in [6, 6.07) is 2.87. The molecule has 14 heavy (non-hydrogen) atoms. The lowest BCUT2D eigenvalue weighted by Gasteiger charge is -2.28. The third kappa shape index (κ3) is 2.54. The normalized spacial score (nSPS) is 31.1. The molecule has 0 aromatic heterocycles. The summed E-state index contributed by atoms with van der Waals surface area (Å²) in [5.74, 6) is 0. The van der Waals surface area contributed by atoms with E-state index in [1.807, 2.05) is 0 Å². The Morgan fingerprint density at radius 3 is 1.71 bits per heavy atom. The van der Waals surface area contributed by atoms with Crippen LogP contribution in [-0.4, -0.2) is 36.1 Å². The summed E-state index contributed by atoms with van der Waals surface area (Å²) in [6.07, 6.45) is 7.31. The molecule has 1 aliphatic heterocycles. The van der Waals surface area contributed by atoms with Crippen LogP contribution in [0.4, 0.5) is 0 Å². The molecule has 2 saturated carbocycles. The minimum atomic E-state index is 0. The van der Waals surface area contributed by atoms with Gasteiger partial charge in [0, 0.05) is 24.7 Å². The van der Waals surface area contributed by atoms with Gasteiger partial charge >= 0.3 is 0 Å². The summed E-state index contributed by atoms with van der Waals surface area (Å²) >= 11 is 0. The zero-order valence-corrected chi connectivity index (χ0v) is 10.1. The second-order valence-electron chi connectivity index (χ2n) is 4.56. The highest BCUT2D eigenvalue weighted by Gasteiger charge is 2.43. The van der Waals surface area contributed by atoms with Gasteiger partial charge in [-0.3, -0.25) is 4.90 Å². The molecule has 4 heteroatoms. The number of nitrogens with one attached hydrogen (secondary N) is 1. The van der Waals surface area contributed by atoms with Gasteiger partial charge in [-0.05, 0) is 38.6 Å². The molecule has 3 rings (SSSR count). The topological polar surface area (TPSA) is 15.3 Å². The van der Waals surface area contributed by atoms with Gasteiger partial charge in [0.1, 0.15) is 0 Å². The van der Waals surface area contributed by atoms with Crippen molar-refractivity contribution in [3.8, 4) is 0 Å². The Labute approximate surface area is 98.6 Å². The molecule has 0 aromatic rings. The van der Waals surface area contributed by atoms with Crippen molar-refractivity contribution < 1.29 is 0 Å². The molecule has 0 radical (unpaired) electrons. The molecule has 1 heterocycles. The quantitative estimate of drug-likeness (QED) is 0.808. The monoisotopic (exact) mass is 238 g/mol. The fraction of sp³-hybridized carbons (Fsp3) is 1.00. The first kappa shape index (κ1) is 12.6. The van der Waals surface area contributed by atoms with Crippen LogP contribution in [0.3, 0.4) is 0 Å². The van der Waals surface area contributed by atoms with E-state index in [1.54, 1.807) is 0 Å². The van der Waals surface area contributed by atoms with E-state index in [2.05, 4.69) is 10.2 Å². The fourth-order valence-electron chi connectivity index (χ4n) is 2.53. The number of hydrogen-bond donors (Lipinski definition) is 1. The molecule has 3 aliphatic rings. The summed E-state index contributed by atoms with van der Waals surface area (Å²) in [7, 11) is 0. The summed E-state index contributed by atoms with van der Waals surface area (Å²) in [5.41, 5.74) is 0. The molecule has 1 N–H and O–H groups in total. The van der Waals surface area contributed by atoms with Crippen molar-refractivity contribution in [3.63, 3.8) is 0 Å². The highest BCUT2D eigenvalue weighted by atomic mass is 35.5. The molecular weight excluding hydrogens is 219 g/mol. The van der Waals surface area contributed by atoms with Crippen molar-refractivity contribution in [2.45, 2.75) is 50.2 Å². The summed E-state index contributed by atoms with van der Waals surface area (Å²) in [6.45, 7) is 2.51. The lowest BCUT2D eigenvalue weighted by molar-refractivity contribution is 0.187. The summed E-state index contributed by atoms with van der Waals surface area (Å²) < 4.78 is 0. The predicted molar refractivity (Wildman–Crippen MR) is 63.7 cm³/mol. The average molecular weight is 239 g/mol. The zero-order valence-electron chi connectivity index (χ0n) is 8.45. The Hall–Kier alpha value is 0.500. The van der Waals surface area contributed by atoms with Gasteiger partial charge in [0.2, 0.25) is 0 Å². The predicted octanol–water partition coefficient (Wildman–Crippen LogP) is 1.82. The Morgan fingerprint density at radius 2 is 1.36 bits per heavy atom. The van der Waals surface area contributed by atoms with E-state index in [9.17, 15) is 0 Å². The second kappa shape index (κ2) is 5.02. The van der Waals surface area contributed by atoms with Gasteiger partial charge in [0.25, 0.3) is 0 Å². The summed E-state index contributed by atoms with van der Waals surface area (Å²) in [4.78, 5) is 2.83. The van der Waals surface area contributed by atoms with Crippen LogP contribution in [0.25, 0.3) is 0 Å². The van der Waals surface area contributed by atoms with E-state index in [4.69, 9.17) is 0 Å². The lowest BCUT2D eigenvalue weighted by Crippen LogP contribution is -2.40. The van der Waals surface area contributed by atoms with Crippen molar-refractivity contribution in [1.82, 2.24) is 10.2 Å². The van der Waals surface area contributed by atoms with E-state index >= 15 is 0 Å². The van der Waals surface area contributed by atoms with Crippen LogP contribution in [0.5, 0.6) is 0 Å². The first-order valence-corrected chi connectivity index (χ1v) is 5.43. The SMILES string of the molecule is C1CC(N(C2CC2)C2CC2)CN1.Cl.Cl. The average Bonchev–Trinajstić information content (AvgIpc) is 2.95. The van der Waals surface area contributed by atoms with E-state index < -0.39 is 0 Å². The van der Waals surface area contributed by atoms with Gasteiger partial charge in [-0.1, -0.05) is 0 Å². The van der Waals surface area contributed by atoms with Gasteiger partial charge in [-0.25, -0.2) is 0 Å². The molecule has 3 fully saturated rings. The van der Waals surface area contributed by atoms with Gasteiger partial charge in [-0.15, -0.1) is 24.8 Å². The van der Waals surface area contributed by atoms with Crippen molar-refractivity contribution in [2.75, 3.05) is 13.1 Å². The second-order valence-corrected chi connectivity index (χ2v) is 4.56. The van der Waals surface area contributed by atoms with Crippen LogP contribution in [-0.2, 0) is 0 Å². The van der Waals surface area contributed by atoms with Crippen molar-refractivity contribution in [2.24, 2.45) is 0 Å². The van der Waals surface area contributed by atoms with Crippen molar-refractivity contribution in [1.29, 1.82) is 0 Å². The van der Waals surface area contributed by atoms with Crippen LogP contribution >= 0.6 is 24.8 Å². The molecular formula is C10H20Cl2N2. The highest BCUT2D eigenvalue weighted by molar-refractivity contribution is 5.85. The molecule has 1 saturated heterocycles. The fourth-order valence-corrected chi connectivity index (χ4v) is 2.53. The molecule has 1 atom stereocenters. The molecule has 0 spiro atoms. The van der Waals surface area contributed by atoms with Crippen LogP contribution in [0.15, 0.2) is 0 Å². The minimum Gasteiger partial charge on any atom is -0.315 e. The van der Waals surface area contributed by atoms with E-state index in [0.29, 0.717) is 0 Å². The number of nitrogens with zero attached hydrogens (tertiary/aromatic N) is 1. The van der Waals surface area contributed by atoms with Crippen LogP contribution < -0.4 is 5.32 Å². The smallest absolute Gasteiger partial charge is 0.0238 e. The van der Waals surface area contributed by atoms with Crippen LogP contribution in [0, 0.1) is 0 Å². The van der Waals surface area contributed by atoms with Gasteiger partial charge in [0.05, 0.1) is 0 Å². The molecule has 84 valence electrons. The molecule has 2 nitrogen and oxygen atoms in total. The third-order valence-electron chi connectivity index (χ3n) is 3.39. The minimum absolute atomic E-state index is 0. The summed E-state index contributed by atoms with van der Waals surface area (Å²) in [5, 5.41) is 3.48. The first-order valence-electron chi connectivity index (χ1n) is 5.43. The van der Waals surface area contributed by atoms with Gasteiger partial charge < -0.3 is 5.32 Å². The van der Waals surface area contributed by atoms with Crippen molar-refractivity contribution >= 4 is 24.8 Å². The first-order chi connectivity index (χ1) is 5.95. The van der Waals surface area contributed by atoms with E-state index in [1.165, 1.54) is 45.2 Å². The third-order valence-corrected chi connectivity index (χ3v) is 3.39. The number of hydrogen-bond acceptors (Lipinski definition) is 2. The zero-order chi connectivity index (χ0) is 7.97. The van der Waals surface area contributed by atoms with E-state index in [0.717, 1.165) is 18.1 Å². The molecule has 1 unspecified atom stereocenters. The standard InChI is InChI=1S/C10H18N2.2ClH/c1-2-8(1)12(9-3-4-9)10-5-6-11-7-10;;/h8-11H,1-7H2;2*1H. The molecule has 0 bridgehead atoms. The Balaban J connectivity index is 0.000000490. The maximum atomic E-state index is 3.48. The van der Waals surface area contributed by atoms with Crippen LogP contribution in [0.1, 0.15) is 32.1 Å². The maximum Gasteiger partial charge on any atom is 0.0238 e. The number of rotatable bonds is 3. The highest BCUT2D eigenvalue weighted by Crippen LogP contribution is 2.39. The Kier molecular flexibility index (Phi) is 4.51. The molecule has 0 amide bonds. The largest absolute Gasteiger partial charge is 0.315 e. The van der Waals surface area contributed by atoms with Gasteiger partial charge in [0.15, 0.2) is 0 Å². The van der Waals surface area contributed by atoms with Crippen LogP contribution in [0.2, 0.25) is 0 Å². The van der Waals surface area contributed by atoms with Crippen molar-refractivity contribution in [3.05, 3.63) is 0 Å². The maximum absolute atomic E-state index is 3.48. The van der Waals surface area contributed by atoms with Gasteiger partial charge in [-0.2, -0.15) is 0 Å². The molecule has 0 aromatic carbocycles.